The molecule has 2 unspecified atom stereocenters. The van der Waals surface area contributed by atoms with Crippen LogP contribution in [0.15, 0.2) is 97.1 Å². The Bertz CT molecular complexity index is 3210. The molecule has 3 amide bonds. The van der Waals surface area contributed by atoms with Crippen LogP contribution in [0.25, 0.3) is 0 Å². The first-order valence-corrected chi connectivity index (χ1v) is 33.2. The number of aliphatic carboxylic acids is 1. The quantitative estimate of drug-likeness (QED) is 0.161. The van der Waals surface area contributed by atoms with Crippen LogP contribution in [0.4, 0.5) is 31.5 Å². The maximum Gasteiger partial charge on any atom is 0.410 e. The highest BCUT2D eigenvalue weighted by molar-refractivity contribution is 5.84. The van der Waals surface area contributed by atoms with E-state index in [1.54, 1.807) is 46.0 Å². The van der Waals surface area contributed by atoms with Crippen LogP contribution in [-0.4, -0.2) is 153 Å². The first kappa shape index (κ1) is 69.0. The number of likely N-dealkylation sites (tertiary alicyclic amines) is 3. The minimum atomic E-state index is -2.73. The van der Waals surface area contributed by atoms with Crippen molar-refractivity contribution < 1.29 is 76.0 Å². The number of benzene rings is 4. The largest absolute Gasteiger partial charge is 0.493 e. The van der Waals surface area contributed by atoms with E-state index in [1.807, 2.05) is 80.3 Å². The normalized spacial score (nSPS) is 28.7. The molecule has 2 N–H and O–H groups in total. The number of nitrogens with zero attached hydrogens (tertiary/aromatic N) is 3. The zero-order chi connectivity index (χ0) is 67.8. The van der Waals surface area contributed by atoms with Gasteiger partial charge in [-0.15, -0.1) is 0 Å². The Hall–Kier alpha value is -6.83. The lowest BCUT2D eigenvalue weighted by atomic mass is 9.67. The van der Waals surface area contributed by atoms with Crippen LogP contribution in [0.5, 0.6) is 23.0 Å². The van der Waals surface area contributed by atoms with Crippen molar-refractivity contribution in [2.75, 3.05) is 73.9 Å². The Kier molecular flexibility index (Phi) is 21.8. The number of para-hydroxylation sites is 2. The molecule has 6 heterocycles. The number of carbonyl (C=O) groups excluding carboxylic acids is 3. The summed E-state index contributed by atoms with van der Waals surface area (Å²) in [5, 5.41) is 13.4. The third-order valence-electron chi connectivity index (χ3n) is 20.4. The molecule has 2 spiro atoms. The number of methoxy groups -OCH3 is 2. The van der Waals surface area contributed by atoms with Crippen molar-refractivity contribution in [3.05, 3.63) is 119 Å². The van der Waals surface area contributed by atoms with Gasteiger partial charge < -0.3 is 53.5 Å². The van der Waals surface area contributed by atoms with Gasteiger partial charge in [-0.05, 0) is 159 Å². The van der Waals surface area contributed by atoms with Gasteiger partial charge in [-0.3, -0.25) is 14.0 Å². The van der Waals surface area contributed by atoms with Crippen LogP contribution in [-0.2, 0) is 29.9 Å². The van der Waals surface area contributed by atoms with Gasteiger partial charge >= 0.3 is 18.2 Å². The third-order valence-corrected chi connectivity index (χ3v) is 20.4. The molecule has 15 nitrogen and oxygen atoms in total. The first-order valence-electron chi connectivity index (χ1n) is 33.9. The van der Waals surface area contributed by atoms with Crippen LogP contribution in [0, 0.1) is 23.7 Å². The number of ether oxygens (including phenoxy) is 6. The summed E-state index contributed by atoms with van der Waals surface area (Å²) in [6.45, 7) is 13.9. The third kappa shape index (κ3) is 16.3. The van der Waals surface area contributed by atoms with Crippen molar-refractivity contribution in [3.63, 3.8) is 0 Å². The summed E-state index contributed by atoms with van der Waals surface area (Å²) in [6.07, 6.45) is 6.26. The number of nitrogens with one attached hydrogen (secondary N) is 1. The molecule has 6 fully saturated rings. The van der Waals surface area contributed by atoms with E-state index in [9.17, 15) is 41.4 Å². The molecule has 0 bridgehead atoms. The van der Waals surface area contributed by atoms with E-state index < -0.39 is 71.0 Å². The number of halogens is 5. The van der Waals surface area contributed by atoms with Gasteiger partial charge in [0, 0.05) is 92.4 Å². The Morgan fingerprint density at radius 1 is 0.613 bits per heavy atom. The molecule has 2 aliphatic carbocycles. The summed E-state index contributed by atoms with van der Waals surface area (Å²) in [5.74, 6) is -4.58. The molecule has 93 heavy (non-hydrogen) atoms. The maximum absolute atomic E-state index is 15.0. The molecule has 0 radical (unpaired) electrons. The molecule has 10 atom stereocenters. The van der Waals surface area contributed by atoms with Crippen LogP contribution in [0.2, 0.25) is 0 Å². The van der Waals surface area contributed by atoms with Gasteiger partial charge in [0.15, 0.2) is 23.0 Å². The maximum atomic E-state index is 15.0. The Labute approximate surface area is 547 Å². The van der Waals surface area contributed by atoms with Gasteiger partial charge in [0.05, 0.1) is 47.8 Å². The van der Waals surface area contributed by atoms with Crippen LogP contribution >= 0.6 is 0 Å². The second-order valence-corrected chi connectivity index (χ2v) is 28.7. The molecule has 4 aromatic rings. The Morgan fingerprint density at radius 2 is 1.08 bits per heavy atom. The second-order valence-electron chi connectivity index (χ2n) is 28.7. The molecule has 20 heteroatoms. The molecule has 4 saturated heterocycles. The van der Waals surface area contributed by atoms with E-state index in [0.29, 0.717) is 93.7 Å². The van der Waals surface area contributed by atoms with Crippen molar-refractivity contribution >= 4 is 24.1 Å². The topological polar surface area (TPSA) is 166 Å². The molecular formula is C73H97F5N4O11. The van der Waals surface area contributed by atoms with Crippen molar-refractivity contribution in [2.24, 2.45) is 23.7 Å². The second kappa shape index (κ2) is 29.4. The average molecular weight is 1300 g/mol. The zero-order valence-corrected chi connectivity index (χ0v) is 55.4. The standard InChI is InChI=1S/C36H46F2N2O5.C19H25NO6.C17H23F2N.CH3F/c1-34(2,3)45-33(42)39-22-28(35(23-39)17-19-44-31-27(35)13-8-14-30(31)43-4)32(41)40-18-15-25(24-10-6-5-7-11-24)20-29(40)26-12-9-16-36(37,38)21-26;1-18(2,3)26-17(23)20-10-13(16(21)22)19(11-20)8-9-25-15-12(19)6-5-7-14(15)24-4;18-17(19)9-4-7-15(12-17)16-11-14(8-10-20-16)13-5-2-1-3-6-13;1-2/h5-8,10-11,13-14,25-26,28-29H,9,12,15-23H2,1-4H3;5-7,13H,8-11H2,1-4H3,(H,21,22);1-3,5-6,14-16,20H,4,7-12H2;1H3/t25-,26?,28+,29+,35+;13-,19-;14-,15?,16+;/m101./s1/i;;;1D. The molecule has 12 rings (SSSR count). The summed E-state index contributed by atoms with van der Waals surface area (Å²) < 4.78 is 107. The number of hydrogen-bond acceptors (Lipinski definition) is 11. The summed E-state index contributed by atoms with van der Waals surface area (Å²) in [6, 6.07) is 31.9. The minimum absolute atomic E-state index is 0.0675. The van der Waals surface area contributed by atoms with Crippen LogP contribution in [0.1, 0.15) is 167 Å². The molecule has 2 saturated carbocycles. The summed E-state index contributed by atoms with van der Waals surface area (Å²) in [4.78, 5) is 58.2. The number of fused-ring (bicyclic) bond motifs is 4. The molecule has 4 aromatic carbocycles. The van der Waals surface area contributed by atoms with Crippen molar-refractivity contribution in [1.29, 1.82) is 0 Å². The van der Waals surface area contributed by atoms with E-state index in [4.69, 9.17) is 29.8 Å². The number of amides is 3. The summed E-state index contributed by atoms with van der Waals surface area (Å²) in [5.41, 5.74) is 1.40. The molecule has 0 aromatic heterocycles. The van der Waals surface area contributed by atoms with E-state index >= 15 is 4.79 Å². The van der Waals surface area contributed by atoms with Crippen LogP contribution in [0.3, 0.4) is 0 Å². The smallest absolute Gasteiger partial charge is 0.410 e. The molecule has 8 aliphatic rings. The van der Waals surface area contributed by atoms with Crippen molar-refractivity contribution in [3.8, 4) is 23.0 Å². The van der Waals surface area contributed by atoms with Gasteiger partial charge in [0.25, 0.3) is 0 Å². The van der Waals surface area contributed by atoms with Gasteiger partial charge in [-0.25, -0.2) is 27.2 Å². The van der Waals surface area contributed by atoms with Crippen molar-refractivity contribution in [1.82, 2.24) is 20.0 Å². The minimum Gasteiger partial charge on any atom is -0.493 e. The zero-order valence-electron chi connectivity index (χ0n) is 56.4. The van der Waals surface area contributed by atoms with E-state index in [-0.39, 0.29) is 81.1 Å². The summed E-state index contributed by atoms with van der Waals surface area (Å²) >= 11 is 0. The fraction of sp³-hybridized carbons (Fsp3) is 0.616. The van der Waals surface area contributed by atoms with Gasteiger partial charge in [-0.2, -0.15) is 0 Å². The average Bonchev–Trinajstić information content (AvgIpc) is 1.52. The SMILES string of the molecule is COc1cccc2c1OCC[C@]21CN(C(=O)OC(C)(C)C)C[C@H]1C(=O)N1CC[C@@H](c2ccccc2)C[C@H]1C1CCCC(F)(F)C1.COc1cccc2c1OCC[C@]21CN(C(=O)OC(C)(C)C)C[C@H]1C(=O)O.FC1(F)CCCC([C@@H]2C[C@H](c3ccccc3)CCN2)C1.[2H]CF. The van der Waals surface area contributed by atoms with Crippen LogP contribution < -0.4 is 24.3 Å². The monoisotopic (exact) mass is 1300 g/mol. The molecular weight excluding hydrogens is 1200 g/mol. The highest BCUT2D eigenvalue weighted by Crippen LogP contribution is 2.55. The highest BCUT2D eigenvalue weighted by atomic mass is 19.3. The van der Waals surface area contributed by atoms with Gasteiger partial charge in [0.2, 0.25) is 17.8 Å². The van der Waals surface area contributed by atoms with E-state index in [2.05, 4.69) is 41.7 Å². The van der Waals surface area contributed by atoms with E-state index in [1.165, 1.54) is 16.0 Å². The summed E-state index contributed by atoms with van der Waals surface area (Å²) in [7, 11) is 2.14. The number of carbonyl (C=O) groups is 4. The number of hydrogen-bond donors (Lipinski definition) is 2. The Morgan fingerprint density at radius 3 is 1.55 bits per heavy atom. The van der Waals surface area contributed by atoms with Gasteiger partial charge in [0.1, 0.15) is 11.2 Å². The molecule has 6 aliphatic heterocycles. The lowest BCUT2D eigenvalue weighted by molar-refractivity contribution is -0.146. The number of rotatable bonds is 8. The fourth-order valence-corrected chi connectivity index (χ4v) is 16.2. The predicted octanol–water partition coefficient (Wildman–Crippen LogP) is 14.8. The molecule has 510 valence electrons. The number of alkyl halides is 5. The fourth-order valence-electron chi connectivity index (χ4n) is 16.2. The number of carboxylic acids is 1. The first-order chi connectivity index (χ1) is 44.6. The highest BCUT2D eigenvalue weighted by Gasteiger charge is 2.59. The number of carboxylic acid groups (broad SMARTS) is 1. The van der Waals surface area contributed by atoms with Crippen molar-refractivity contribution in [2.45, 2.75) is 189 Å². The number of piperidine rings is 2. The Balaban J connectivity index is 0.000000179. The lowest BCUT2D eigenvalue weighted by Crippen LogP contribution is -2.56. The predicted molar refractivity (Wildman–Crippen MR) is 345 cm³/mol. The lowest BCUT2D eigenvalue weighted by Gasteiger charge is -2.48. The van der Waals surface area contributed by atoms with Gasteiger partial charge in [-0.1, -0.05) is 84.9 Å². The van der Waals surface area contributed by atoms with E-state index in [0.717, 1.165) is 43.4 Å².